The van der Waals surface area contributed by atoms with Gasteiger partial charge in [-0.1, -0.05) is 200 Å². The van der Waals surface area contributed by atoms with E-state index < -0.39 is 5.41 Å². The lowest BCUT2D eigenvalue weighted by Gasteiger charge is -2.35. The quantitative estimate of drug-likeness (QED) is 0.166. The van der Waals surface area contributed by atoms with Gasteiger partial charge in [-0.25, -0.2) is 0 Å². The number of furan rings is 1. The Balaban J connectivity index is 0.903. The van der Waals surface area contributed by atoms with Gasteiger partial charge in [-0.05, 0) is 121 Å². The Kier molecular flexibility index (Phi) is 8.47. The molecule has 65 heavy (non-hydrogen) atoms. The van der Waals surface area contributed by atoms with Gasteiger partial charge >= 0.3 is 0 Å². The highest BCUT2D eigenvalue weighted by molar-refractivity contribution is 6.09. The first kappa shape index (κ1) is 37.1. The summed E-state index contributed by atoms with van der Waals surface area (Å²) in [6.07, 6.45) is 4.58. The van der Waals surface area contributed by atoms with Crippen molar-refractivity contribution < 1.29 is 4.42 Å². The van der Waals surface area contributed by atoms with Gasteiger partial charge in [0.15, 0.2) is 0 Å². The molecule has 0 atom stereocenters. The number of fused-ring (bicyclic) bond motifs is 12. The Hall–Kier alpha value is -8.46. The average Bonchev–Trinajstić information content (AvgIpc) is 3.85. The maximum Gasteiger partial charge on any atom is 0.143 e. The van der Waals surface area contributed by atoms with Crippen LogP contribution < -0.4 is 4.90 Å². The van der Waals surface area contributed by atoms with E-state index in [2.05, 4.69) is 242 Å². The molecule has 1 heterocycles. The Morgan fingerprint density at radius 2 is 0.785 bits per heavy atom. The van der Waals surface area contributed by atoms with Crippen LogP contribution in [0.5, 0.6) is 0 Å². The van der Waals surface area contributed by atoms with E-state index in [0.29, 0.717) is 0 Å². The van der Waals surface area contributed by atoms with Gasteiger partial charge in [0.05, 0.1) is 5.41 Å². The summed E-state index contributed by atoms with van der Waals surface area (Å²) in [5.41, 5.74) is 22.0. The van der Waals surface area contributed by atoms with Crippen LogP contribution in [0.1, 0.15) is 33.4 Å². The van der Waals surface area contributed by atoms with E-state index in [0.717, 1.165) is 50.1 Å². The van der Waals surface area contributed by atoms with Crippen molar-refractivity contribution in [3.63, 3.8) is 0 Å². The molecule has 0 bridgehead atoms. The number of rotatable bonds is 6. The third-order valence-electron chi connectivity index (χ3n) is 13.7. The molecule has 0 amide bonds. The molecular weight excluding hydrogens is 787 g/mol. The fraction of sp³-hybridized carbons (Fsp3) is 0.0159. The van der Waals surface area contributed by atoms with Gasteiger partial charge < -0.3 is 9.32 Å². The van der Waals surface area contributed by atoms with Crippen LogP contribution in [0.15, 0.2) is 241 Å². The number of nitrogens with zero attached hydrogens (tertiary/aromatic N) is 1. The molecule has 0 saturated heterocycles. The zero-order chi connectivity index (χ0) is 42.9. The van der Waals surface area contributed by atoms with Gasteiger partial charge in [0.2, 0.25) is 0 Å². The highest BCUT2D eigenvalue weighted by Gasteiger charge is 2.48. The number of para-hydroxylation sites is 2. The Bertz CT molecular complexity index is 3580. The molecule has 0 radical (unpaired) electrons. The predicted molar refractivity (Wildman–Crippen MR) is 271 cm³/mol. The second kappa shape index (κ2) is 14.8. The molecule has 0 unspecified atom stereocenters. The van der Waals surface area contributed by atoms with E-state index in [-0.39, 0.29) is 0 Å². The summed E-state index contributed by atoms with van der Waals surface area (Å²) in [6, 6.07) is 86.2. The molecule has 10 aromatic carbocycles. The smallest absolute Gasteiger partial charge is 0.143 e. The van der Waals surface area contributed by atoms with E-state index in [1.54, 1.807) is 0 Å². The van der Waals surface area contributed by atoms with Crippen LogP contribution in [-0.2, 0) is 5.41 Å². The lowest BCUT2D eigenvalue weighted by molar-refractivity contribution is 0.670. The molecule has 2 nitrogen and oxygen atoms in total. The van der Waals surface area contributed by atoms with Crippen LogP contribution in [0.2, 0.25) is 0 Å². The number of hydrogen-bond acceptors (Lipinski definition) is 2. The molecule has 11 aromatic rings. The molecule has 13 rings (SSSR count). The van der Waals surface area contributed by atoms with Crippen molar-refractivity contribution in [1.29, 1.82) is 0 Å². The zero-order valence-electron chi connectivity index (χ0n) is 35.5. The highest BCUT2D eigenvalue weighted by Crippen LogP contribution is 2.59. The molecule has 0 N–H and O–H groups in total. The topological polar surface area (TPSA) is 16.4 Å². The van der Waals surface area contributed by atoms with Gasteiger partial charge in [0.25, 0.3) is 0 Å². The van der Waals surface area contributed by atoms with Crippen molar-refractivity contribution in [2.24, 2.45) is 0 Å². The summed E-state index contributed by atoms with van der Waals surface area (Å²) in [5, 5.41) is 2.27. The minimum atomic E-state index is -0.435. The fourth-order valence-corrected chi connectivity index (χ4v) is 10.8. The summed E-state index contributed by atoms with van der Waals surface area (Å²) in [5.74, 6) is 0. The summed E-state index contributed by atoms with van der Waals surface area (Å²) >= 11 is 0. The lowest BCUT2D eigenvalue weighted by Crippen LogP contribution is -2.29. The molecule has 2 heteroatoms. The SMILES string of the molecule is C1=Cc2ccccc2C2(c3ccccc31)c1ccccc1-c1cc(-c3ccc(N(c4ccc(-c5ccccc5)cc4)c4ccc(-c5cccc6c5oc5ccccc56)cc4)cc3)ccc12. The average molecular weight is 828 g/mol. The third kappa shape index (κ3) is 5.81. The van der Waals surface area contributed by atoms with Crippen molar-refractivity contribution in [2.75, 3.05) is 4.90 Å². The number of anilines is 3. The Morgan fingerprint density at radius 1 is 0.308 bits per heavy atom. The van der Waals surface area contributed by atoms with Gasteiger partial charge in [-0.3, -0.25) is 0 Å². The first-order chi connectivity index (χ1) is 32.2. The molecule has 0 fully saturated rings. The summed E-state index contributed by atoms with van der Waals surface area (Å²) in [7, 11) is 0. The second-order valence-corrected chi connectivity index (χ2v) is 17.2. The molecule has 304 valence electrons. The molecule has 0 saturated carbocycles. The van der Waals surface area contributed by atoms with E-state index >= 15 is 0 Å². The van der Waals surface area contributed by atoms with Gasteiger partial charge in [0.1, 0.15) is 11.2 Å². The molecular formula is C63H41NO. The molecule has 0 aliphatic heterocycles. The van der Waals surface area contributed by atoms with Gasteiger partial charge in [-0.15, -0.1) is 0 Å². The first-order valence-corrected chi connectivity index (χ1v) is 22.4. The molecule has 1 spiro atoms. The van der Waals surface area contributed by atoms with Crippen LogP contribution >= 0.6 is 0 Å². The van der Waals surface area contributed by atoms with Gasteiger partial charge in [0, 0.05) is 33.4 Å². The molecule has 2 aliphatic carbocycles. The summed E-state index contributed by atoms with van der Waals surface area (Å²) in [4.78, 5) is 2.35. The van der Waals surface area contributed by atoms with Crippen LogP contribution in [0.25, 0.3) is 78.6 Å². The molecule has 2 aliphatic rings. The Morgan fingerprint density at radius 3 is 1.46 bits per heavy atom. The second-order valence-electron chi connectivity index (χ2n) is 17.2. The highest BCUT2D eigenvalue weighted by atomic mass is 16.3. The Labute approximate surface area is 378 Å². The standard InChI is InChI=1S/C63H41NO/c1-2-13-42(14-3-1)43-27-34-49(35-28-43)64(51-38-31-45(32-39-51)52-19-12-20-55-54-18-7-11-24-61(54)65-62(52)55)50-36-29-44(30-37-50)48-33-40-60-56(41-48)53-17-6-10-23-59(53)63(60)57-21-8-4-15-46(57)25-26-47-16-5-9-22-58(47)63/h1-41H. The maximum absolute atomic E-state index is 6.44. The summed E-state index contributed by atoms with van der Waals surface area (Å²) < 4.78 is 6.44. The van der Waals surface area contributed by atoms with E-state index in [9.17, 15) is 0 Å². The predicted octanol–water partition coefficient (Wildman–Crippen LogP) is 16.9. The van der Waals surface area contributed by atoms with Gasteiger partial charge in [-0.2, -0.15) is 0 Å². The molecule has 1 aromatic heterocycles. The van der Waals surface area contributed by atoms with Crippen molar-refractivity contribution in [1.82, 2.24) is 0 Å². The minimum Gasteiger partial charge on any atom is -0.455 e. The van der Waals surface area contributed by atoms with Crippen molar-refractivity contribution in [3.8, 4) is 44.5 Å². The van der Waals surface area contributed by atoms with E-state index in [4.69, 9.17) is 4.42 Å². The van der Waals surface area contributed by atoms with Crippen molar-refractivity contribution in [2.45, 2.75) is 5.41 Å². The largest absolute Gasteiger partial charge is 0.455 e. The maximum atomic E-state index is 6.44. The van der Waals surface area contributed by atoms with Crippen molar-refractivity contribution in [3.05, 3.63) is 270 Å². The monoisotopic (exact) mass is 827 g/mol. The fourth-order valence-electron chi connectivity index (χ4n) is 10.8. The first-order valence-electron chi connectivity index (χ1n) is 22.4. The van der Waals surface area contributed by atoms with Crippen LogP contribution in [-0.4, -0.2) is 0 Å². The normalized spacial score (nSPS) is 13.0. The number of benzene rings is 10. The van der Waals surface area contributed by atoms with Crippen LogP contribution in [0.3, 0.4) is 0 Å². The minimum absolute atomic E-state index is 0.435. The number of hydrogen-bond donors (Lipinski definition) is 0. The van der Waals surface area contributed by atoms with Crippen molar-refractivity contribution >= 4 is 51.2 Å². The third-order valence-corrected chi connectivity index (χ3v) is 13.7. The lowest BCUT2D eigenvalue weighted by atomic mass is 9.66. The summed E-state index contributed by atoms with van der Waals surface area (Å²) in [6.45, 7) is 0. The zero-order valence-corrected chi connectivity index (χ0v) is 35.5. The van der Waals surface area contributed by atoms with E-state index in [1.807, 2.05) is 12.1 Å². The van der Waals surface area contributed by atoms with Crippen LogP contribution in [0.4, 0.5) is 17.1 Å². The van der Waals surface area contributed by atoms with E-state index in [1.165, 1.54) is 66.8 Å². The van der Waals surface area contributed by atoms with Crippen LogP contribution in [0, 0.1) is 0 Å².